The van der Waals surface area contributed by atoms with Crippen molar-refractivity contribution in [3.05, 3.63) is 72.4 Å². The highest BCUT2D eigenvalue weighted by Crippen LogP contribution is 2.36. The number of nitrogens with zero attached hydrogens (tertiary/aromatic N) is 3. The molecule has 0 saturated heterocycles. The number of nitrogens with one attached hydrogen (secondary N) is 1. The van der Waals surface area contributed by atoms with Crippen LogP contribution in [0.5, 0.6) is 5.88 Å². The molecule has 0 aliphatic rings. The zero-order valence-electron chi connectivity index (χ0n) is 15.0. The molecular formula is C19H14F2N4O3S. The summed E-state index contributed by atoms with van der Waals surface area (Å²) in [5, 5.41) is 7.00. The molecule has 1 N–H and O–H groups in total. The number of hydrogen-bond donors (Lipinski definition) is 1. The Morgan fingerprint density at radius 1 is 1.07 bits per heavy atom. The highest BCUT2D eigenvalue weighted by Gasteiger charge is 2.30. The number of halogens is 2. The lowest BCUT2D eigenvalue weighted by atomic mass is 10.2. The van der Waals surface area contributed by atoms with Crippen molar-refractivity contribution in [2.75, 3.05) is 11.4 Å². The fourth-order valence-corrected chi connectivity index (χ4v) is 4.38. The minimum Gasteiger partial charge on any atom is -0.479 e. The normalized spacial score (nSPS) is 11.6. The standard InChI is InChI=1S/C19H14F2N4O3S/c1-28-19-15-10-13(11-22-18(15)23-24-19)25(17-8-7-12(20)9-16(17)21)29(26,27)14-5-3-2-4-6-14/h2-11H,1H3,(H,22,23,24). The van der Waals surface area contributed by atoms with E-state index in [9.17, 15) is 17.2 Å². The van der Waals surface area contributed by atoms with Gasteiger partial charge in [-0.15, -0.1) is 5.10 Å². The van der Waals surface area contributed by atoms with E-state index in [1.165, 1.54) is 31.5 Å². The van der Waals surface area contributed by atoms with Crippen LogP contribution in [0.4, 0.5) is 20.2 Å². The SMILES string of the molecule is COc1n[nH]c2ncc(N(c3ccc(F)cc3F)S(=O)(=O)c3ccccc3)cc12. The van der Waals surface area contributed by atoms with E-state index in [2.05, 4.69) is 15.2 Å². The molecule has 0 aliphatic carbocycles. The summed E-state index contributed by atoms with van der Waals surface area (Å²) in [4.78, 5) is 4.08. The first-order chi connectivity index (χ1) is 13.9. The molecule has 4 aromatic rings. The molecule has 0 spiro atoms. The maximum absolute atomic E-state index is 14.6. The second-order valence-corrected chi connectivity index (χ2v) is 7.79. The van der Waals surface area contributed by atoms with Crippen LogP contribution in [0.25, 0.3) is 11.0 Å². The van der Waals surface area contributed by atoms with E-state index in [-0.39, 0.29) is 22.2 Å². The number of sulfonamides is 1. The summed E-state index contributed by atoms with van der Waals surface area (Å²) in [5.41, 5.74) is 0.0488. The summed E-state index contributed by atoms with van der Waals surface area (Å²) in [5.74, 6) is -1.66. The second kappa shape index (κ2) is 7.13. The summed E-state index contributed by atoms with van der Waals surface area (Å²) >= 11 is 0. The predicted octanol–water partition coefficient (Wildman–Crippen LogP) is 3.77. The quantitative estimate of drug-likeness (QED) is 0.535. The monoisotopic (exact) mass is 416 g/mol. The molecule has 29 heavy (non-hydrogen) atoms. The summed E-state index contributed by atoms with van der Waals surface area (Å²) in [7, 11) is -2.85. The average molecular weight is 416 g/mol. The van der Waals surface area contributed by atoms with Gasteiger partial charge in [-0.1, -0.05) is 18.2 Å². The van der Waals surface area contributed by atoms with Crippen molar-refractivity contribution in [3.63, 3.8) is 0 Å². The Labute approximate surface area is 164 Å². The molecule has 0 fully saturated rings. The topological polar surface area (TPSA) is 88.2 Å². The van der Waals surface area contributed by atoms with Crippen molar-refractivity contribution in [1.82, 2.24) is 15.2 Å². The van der Waals surface area contributed by atoms with Gasteiger partial charge in [-0.25, -0.2) is 26.5 Å². The van der Waals surface area contributed by atoms with Gasteiger partial charge < -0.3 is 4.74 Å². The lowest BCUT2D eigenvalue weighted by Gasteiger charge is -2.24. The highest BCUT2D eigenvalue weighted by atomic mass is 32.2. The Kier molecular flexibility index (Phi) is 4.63. The van der Waals surface area contributed by atoms with Crippen LogP contribution >= 0.6 is 0 Å². The maximum Gasteiger partial charge on any atom is 0.268 e. The first-order valence-electron chi connectivity index (χ1n) is 8.35. The number of pyridine rings is 1. The van der Waals surface area contributed by atoms with Gasteiger partial charge in [-0.3, -0.25) is 5.10 Å². The van der Waals surface area contributed by atoms with Crippen molar-refractivity contribution in [1.29, 1.82) is 0 Å². The molecule has 0 unspecified atom stereocenters. The Morgan fingerprint density at radius 2 is 1.83 bits per heavy atom. The Balaban J connectivity index is 1.98. The van der Waals surface area contributed by atoms with Crippen LogP contribution in [0.1, 0.15) is 0 Å². The molecule has 0 bridgehead atoms. The molecular weight excluding hydrogens is 402 g/mol. The first kappa shape index (κ1) is 18.8. The van der Waals surface area contributed by atoms with Gasteiger partial charge in [-0.05, 0) is 30.3 Å². The largest absolute Gasteiger partial charge is 0.479 e. The number of hydrogen-bond acceptors (Lipinski definition) is 5. The summed E-state index contributed by atoms with van der Waals surface area (Å²) in [6, 6.07) is 11.6. The van der Waals surface area contributed by atoms with Gasteiger partial charge in [-0.2, -0.15) is 0 Å². The number of aromatic nitrogens is 3. The van der Waals surface area contributed by atoms with Crippen LogP contribution in [0, 0.1) is 11.6 Å². The van der Waals surface area contributed by atoms with E-state index >= 15 is 0 Å². The van der Waals surface area contributed by atoms with Gasteiger partial charge >= 0.3 is 0 Å². The zero-order chi connectivity index (χ0) is 20.6. The summed E-state index contributed by atoms with van der Waals surface area (Å²) < 4.78 is 60.8. The number of ether oxygens (including phenoxy) is 1. The number of benzene rings is 2. The minimum absolute atomic E-state index is 0.0339. The van der Waals surface area contributed by atoms with Gasteiger partial charge in [0.2, 0.25) is 5.88 Å². The van der Waals surface area contributed by atoms with Crippen molar-refractivity contribution < 1.29 is 21.9 Å². The molecule has 2 heterocycles. The molecule has 0 atom stereocenters. The van der Waals surface area contributed by atoms with Crippen LogP contribution in [0.2, 0.25) is 0 Å². The number of H-pyrrole nitrogens is 1. The Bertz CT molecular complexity index is 1290. The third-order valence-corrected chi connectivity index (χ3v) is 5.96. The minimum atomic E-state index is -4.25. The van der Waals surface area contributed by atoms with Crippen LogP contribution in [-0.2, 0) is 10.0 Å². The molecule has 0 radical (unpaired) electrons. The maximum atomic E-state index is 14.6. The number of rotatable bonds is 5. The van der Waals surface area contributed by atoms with Gasteiger partial charge in [0.1, 0.15) is 5.82 Å². The Morgan fingerprint density at radius 3 is 2.52 bits per heavy atom. The number of methoxy groups -OCH3 is 1. The van der Waals surface area contributed by atoms with Crippen molar-refractivity contribution in [3.8, 4) is 5.88 Å². The molecule has 7 nitrogen and oxygen atoms in total. The smallest absolute Gasteiger partial charge is 0.268 e. The van der Waals surface area contributed by atoms with Crippen LogP contribution in [0.3, 0.4) is 0 Å². The molecule has 148 valence electrons. The highest BCUT2D eigenvalue weighted by molar-refractivity contribution is 7.93. The first-order valence-corrected chi connectivity index (χ1v) is 9.79. The third kappa shape index (κ3) is 3.27. The fraction of sp³-hybridized carbons (Fsp3) is 0.0526. The predicted molar refractivity (Wildman–Crippen MR) is 103 cm³/mol. The molecule has 0 aliphatic heterocycles. The number of fused-ring (bicyclic) bond motifs is 1. The summed E-state index contributed by atoms with van der Waals surface area (Å²) in [6.45, 7) is 0. The molecule has 0 amide bonds. The second-order valence-electron chi connectivity index (χ2n) is 6.00. The van der Waals surface area contributed by atoms with Gasteiger partial charge in [0.25, 0.3) is 10.0 Å². The molecule has 0 saturated carbocycles. The van der Waals surface area contributed by atoms with E-state index in [0.717, 1.165) is 16.4 Å². The lowest BCUT2D eigenvalue weighted by Crippen LogP contribution is -2.27. The van der Waals surface area contributed by atoms with E-state index in [1.54, 1.807) is 18.2 Å². The fourth-order valence-electron chi connectivity index (χ4n) is 2.89. The van der Waals surface area contributed by atoms with E-state index in [0.29, 0.717) is 17.1 Å². The van der Waals surface area contributed by atoms with Gasteiger partial charge in [0.05, 0.1) is 35.0 Å². The van der Waals surface area contributed by atoms with Crippen LogP contribution in [0.15, 0.2) is 65.7 Å². The van der Waals surface area contributed by atoms with E-state index < -0.39 is 21.7 Å². The van der Waals surface area contributed by atoms with Crippen LogP contribution < -0.4 is 9.04 Å². The molecule has 2 aromatic carbocycles. The Hall–Kier alpha value is -3.53. The number of aromatic amines is 1. The van der Waals surface area contributed by atoms with Crippen molar-refractivity contribution in [2.45, 2.75) is 4.90 Å². The number of anilines is 2. The molecule has 10 heteroatoms. The average Bonchev–Trinajstić information content (AvgIpc) is 3.13. The third-order valence-electron chi connectivity index (χ3n) is 4.20. The van der Waals surface area contributed by atoms with Gasteiger partial charge in [0.15, 0.2) is 11.5 Å². The van der Waals surface area contributed by atoms with Crippen molar-refractivity contribution in [2.24, 2.45) is 0 Å². The van der Waals surface area contributed by atoms with E-state index in [1.807, 2.05) is 0 Å². The molecule has 2 aromatic heterocycles. The van der Waals surface area contributed by atoms with Gasteiger partial charge in [0, 0.05) is 6.07 Å². The van der Waals surface area contributed by atoms with E-state index in [4.69, 9.17) is 4.74 Å². The van der Waals surface area contributed by atoms with Crippen LogP contribution in [-0.4, -0.2) is 30.7 Å². The summed E-state index contributed by atoms with van der Waals surface area (Å²) in [6.07, 6.45) is 1.25. The zero-order valence-corrected chi connectivity index (χ0v) is 15.8. The van der Waals surface area contributed by atoms with Crippen molar-refractivity contribution >= 4 is 32.4 Å². The molecule has 4 rings (SSSR count). The lowest BCUT2D eigenvalue weighted by molar-refractivity contribution is 0.401.